The van der Waals surface area contributed by atoms with Crippen molar-refractivity contribution in [2.24, 2.45) is 5.73 Å². The van der Waals surface area contributed by atoms with Crippen LogP contribution in [0.25, 0.3) is 10.2 Å². The smallest absolute Gasteiger partial charge is 0.272 e. The van der Waals surface area contributed by atoms with E-state index in [0.717, 1.165) is 11.1 Å². The molecule has 0 aliphatic carbocycles. The van der Waals surface area contributed by atoms with Crippen LogP contribution < -0.4 is 11.3 Å². The van der Waals surface area contributed by atoms with Crippen LogP contribution in [0.15, 0.2) is 58.3 Å². The van der Waals surface area contributed by atoms with Crippen LogP contribution in [-0.2, 0) is 12.3 Å². The van der Waals surface area contributed by atoms with Gasteiger partial charge in [0.25, 0.3) is 5.56 Å². The second-order valence-electron chi connectivity index (χ2n) is 5.08. The highest BCUT2D eigenvalue weighted by Crippen LogP contribution is 2.24. The first kappa shape index (κ1) is 16.5. The van der Waals surface area contributed by atoms with Crippen LogP contribution in [0.3, 0.4) is 0 Å². The van der Waals surface area contributed by atoms with E-state index >= 15 is 0 Å². The predicted molar refractivity (Wildman–Crippen MR) is 98.6 cm³/mol. The van der Waals surface area contributed by atoms with Crippen molar-refractivity contribution in [3.8, 4) is 0 Å². The minimum atomic E-state index is -0.446. The highest BCUT2D eigenvalue weighted by molar-refractivity contribution is 7.98. The quantitative estimate of drug-likeness (QED) is 0.418. The molecule has 0 saturated carbocycles. The van der Waals surface area contributed by atoms with E-state index in [2.05, 4.69) is 11.6 Å². The molecule has 24 heavy (non-hydrogen) atoms. The van der Waals surface area contributed by atoms with Gasteiger partial charge < -0.3 is 5.73 Å². The number of aromatic nitrogens is 2. The highest BCUT2D eigenvalue weighted by Gasteiger charge is 2.12. The normalized spacial score (nSPS) is 10.8. The predicted octanol–water partition coefficient (Wildman–Crippen LogP) is 3.04. The monoisotopic (exact) mass is 357 g/mol. The summed E-state index contributed by atoms with van der Waals surface area (Å²) in [5.74, 6) is 0.191. The van der Waals surface area contributed by atoms with Crippen LogP contribution in [0, 0.1) is 0 Å². The first-order chi connectivity index (χ1) is 11.6. The third kappa shape index (κ3) is 3.27. The van der Waals surface area contributed by atoms with Gasteiger partial charge in [-0.1, -0.05) is 30.0 Å². The summed E-state index contributed by atoms with van der Waals surface area (Å²) in [6.07, 6.45) is 1.69. The second-order valence-corrected chi connectivity index (χ2v) is 6.94. The summed E-state index contributed by atoms with van der Waals surface area (Å²) in [6.45, 7) is 4.13. The summed E-state index contributed by atoms with van der Waals surface area (Å²) in [4.78, 5) is 28.2. The molecule has 2 heterocycles. The molecular formula is C17H15N3O2S2. The fourth-order valence-corrected chi connectivity index (χ4v) is 3.98. The van der Waals surface area contributed by atoms with E-state index in [1.165, 1.54) is 23.1 Å². The van der Waals surface area contributed by atoms with Crippen molar-refractivity contribution in [3.05, 3.63) is 69.8 Å². The molecule has 0 aliphatic heterocycles. The van der Waals surface area contributed by atoms with E-state index in [0.29, 0.717) is 27.7 Å². The number of hydrogen-bond donors (Lipinski definition) is 1. The molecule has 0 fully saturated rings. The Bertz CT molecular complexity index is 958. The second kappa shape index (κ2) is 7.02. The van der Waals surface area contributed by atoms with E-state index in [9.17, 15) is 9.59 Å². The van der Waals surface area contributed by atoms with Gasteiger partial charge in [0.15, 0.2) is 5.16 Å². The molecular weight excluding hydrogens is 342 g/mol. The Morgan fingerprint density at radius 3 is 2.75 bits per heavy atom. The Morgan fingerprint density at radius 1 is 1.33 bits per heavy atom. The van der Waals surface area contributed by atoms with Crippen LogP contribution in [0.4, 0.5) is 0 Å². The molecule has 0 radical (unpaired) electrons. The van der Waals surface area contributed by atoms with E-state index in [1.54, 1.807) is 22.8 Å². The van der Waals surface area contributed by atoms with E-state index < -0.39 is 5.91 Å². The van der Waals surface area contributed by atoms with Gasteiger partial charge in [-0.2, -0.15) is 0 Å². The maximum atomic E-state index is 12.6. The van der Waals surface area contributed by atoms with E-state index in [1.807, 2.05) is 23.6 Å². The number of amides is 1. The number of nitrogens with two attached hydrogens (primary N) is 1. The van der Waals surface area contributed by atoms with Crippen LogP contribution >= 0.6 is 23.1 Å². The Balaban J connectivity index is 1.88. The summed E-state index contributed by atoms with van der Waals surface area (Å²) in [7, 11) is 0. The number of thiophene rings is 1. The highest BCUT2D eigenvalue weighted by atomic mass is 32.2. The van der Waals surface area contributed by atoms with Crippen molar-refractivity contribution < 1.29 is 4.79 Å². The van der Waals surface area contributed by atoms with Gasteiger partial charge in [0.2, 0.25) is 5.91 Å². The minimum absolute atomic E-state index is 0.0403. The average molecular weight is 357 g/mol. The molecule has 3 rings (SSSR count). The van der Waals surface area contributed by atoms with Crippen LogP contribution in [-0.4, -0.2) is 15.5 Å². The number of rotatable bonds is 6. The molecule has 0 bridgehead atoms. The number of thioether (sulfide) groups is 1. The van der Waals surface area contributed by atoms with Crippen molar-refractivity contribution in [3.63, 3.8) is 0 Å². The number of allylic oxidation sites excluding steroid dienone is 1. The Labute approximate surface area is 146 Å². The lowest BCUT2D eigenvalue weighted by atomic mass is 10.1. The zero-order valence-electron chi connectivity index (χ0n) is 12.8. The SMILES string of the molecule is C=CCn1c(SCc2ccc(C(N)=O)cc2)nc2ccsc2c1=O. The zero-order valence-corrected chi connectivity index (χ0v) is 14.4. The van der Waals surface area contributed by atoms with Crippen molar-refractivity contribution in [2.45, 2.75) is 17.5 Å². The molecule has 1 aromatic carbocycles. The van der Waals surface area contributed by atoms with E-state index in [4.69, 9.17) is 5.73 Å². The minimum Gasteiger partial charge on any atom is -0.366 e. The molecule has 2 N–H and O–H groups in total. The Morgan fingerprint density at radius 2 is 2.08 bits per heavy atom. The summed E-state index contributed by atoms with van der Waals surface area (Å²) in [5, 5.41) is 2.53. The van der Waals surface area contributed by atoms with Crippen LogP contribution in [0.1, 0.15) is 15.9 Å². The molecule has 7 heteroatoms. The number of carbonyl (C=O) groups is 1. The number of carbonyl (C=O) groups excluding carboxylic acids is 1. The lowest BCUT2D eigenvalue weighted by Gasteiger charge is -2.10. The first-order valence-corrected chi connectivity index (χ1v) is 9.07. The van der Waals surface area contributed by atoms with Gasteiger partial charge in [0, 0.05) is 17.9 Å². The largest absolute Gasteiger partial charge is 0.366 e. The van der Waals surface area contributed by atoms with Gasteiger partial charge in [-0.3, -0.25) is 14.2 Å². The molecule has 0 atom stereocenters. The average Bonchev–Trinajstić information content (AvgIpc) is 3.05. The van der Waals surface area contributed by atoms with Gasteiger partial charge in [0.05, 0.1) is 5.52 Å². The lowest BCUT2D eigenvalue weighted by molar-refractivity contribution is 0.100. The molecule has 0 unspecified atom stereocenters. The molecule has 1 amide bonds. The summed E-state index contributed by atoms with van der Waals surface area (Å²) < 4.78 is 2.29. The molecule has 2 aromatic heterocycles. The third-order valence-electron chi connectivity index (χ3n) is 3.45. The summed E-state index contributed by atoms with van der Waals surface area (Å²) >= 11 is 2.88. The maximum absolute atomic E-state index is 12.6. The number of nitrogens with zero attached hydrogens (tertiary/aromatic N) is 2. The number of hydrogen-bond acceptors (Lipinski definition) is 5. The maximum Gasteiger partial charge on any atom is 0.272 e. The van der Waals surface area contributed by atoms with Crippen molar-refractivity contribution in [1.82, 2.24) is 9.55 Å². The lowest BCUT2D eigenvalue weighted by Crippen LogP contribution is -2.21. The molecule has 122 valence electrons. The Kier molecular flexibility index (Phi) is 4.82. The number of primary amides is 1. The van der Waals surface area contributed by atoms with Gasteiger partial charge in [-0.05, 0) is 29.1 Å². The molecule has 5 nitrogen and oxygen atoms in total. The third-order valence-corrected chi connectivity index (χ3v) is 5.39. The van der Waals surface area contributed by atoms with Gasteiger partial charge in [-0.15, -0.1) is 17.9 Å². The van der Waals surface area contributed by atoms with Crippen LogP contribution in [0.2, 0.25) is 0 Å². The fourth-order valence-electron chi connectivity index (χ4n) is 2.24. The van der Waals surface area contributed by atoms with Crippen molar-refractivity contribution >= 4 is 39.2 Å². The standard InChI is InChI=1S/C17H15N3O2S2/c1-2-8-20-16(22)14-13(7-9-23-14)19-17(20)24-10-11-3-5-12(6-4-11)15(18)21/h2-7,9H,1,8,10H2,(H2,18,21). The number of fused-ring (bicyclic) bond motifs is 1. The number of benzene rings is 1. The van der Waals surface area contributed by atoms with E-state index in [-0.39, 0.29) is 5.56 Å². The fraction of sp³-hybridized carbons (Fsp3) is 0.118. The molecule has 0 aliphatic rings. The Hall–Kier alpha value is -2.38. The van der Waals surface area contributed by atoms with Gasteiger partial charge in [0.1, 0.15) is 4.70 Å². The topological polar surface area (TPSA) is 78.0 Å². The molecule has 0 saturated heterocycles. The van der Waals surface area contributed by atoms with Crippen molar-refractivity contribution in [2.75, 3.05) is 0 Å². The van der Waals surface area contributed by atoms with Crippen LogP contribution in [0.5, 0.6) is 0 Å². The molecule has 0 spiro atoms. The van der Waals surface area contributed by atoms with Gasteiger partial charge >= 0.3 is 0 Å². The zero-order chi connectivity index (χ0) is 17.1. The van der Waals surface area contributed by atoms with Gasteiger partial charge in [-0.25, -0.2) is 4.98 Å². The first-order valence-electron chi connectivity index (χ1n) is 7.20. The summed E-state index contributed by atoms with van der Waals surface area (Å²) in [6, 6.07) is 8.96. The molecule has 3 aromatic rings. The summed E-state index contributed by atoms with van der Waals surface area (Å²) in [5.41, 5.74) is 7.42. The van der Waals surface area contributed by atoms with Crippen molar-refractivity contribution in [1.29, 1.82) is 0 Å².